The fourth-order valence-electron chi connectivity index (χ4n) is 1.60. The number of rotatable bonds is 10. The molecule has 0 aromatic carbocycles. The number of hydroxylamine groups is 1. The molecule has 0 aromatic heterocycles. The van der Waals surface area contributed by atoms with Crippen molar-refractivity contribution in [2.75, 3.05) is 19.1 Å². The molecule has 136 valence electrons. The maximum atomic E-state index is 12.1. The first-order chi connectivity index (χ1) is 10.4. The summed E-state index contributed by atoms with van der Waals surface area (Å²) < 4.78 is 22.0. The second kappa shape index (κ2) is 9.30. The molecular weight excluding hydrogens is 356 g/mol. The third-order valence-electron chi connectivity index (χ3n) is 2.42. The highest BCUT2D eigenvalue weighted by molar-refractivity contribution is 7.52. The molecule has 0 aliphatic heterocycles. The fraction of sp³-hybridized carbons (Fsp3) is 0.750. The Morgan fingerprint density at radius 1 is 1.13 bits per heavy atom. The van der Waals surface area contributed by atoms with Gasteiger partial charge in [-0.05, 0) is 12.8 Å². The van der Waals surface area contributed by atoms with E-state index in [4.69, 9.17) is 36.2 Å². The molecule has 0 spiro atoms. The highest BCUT2D eigenvalue weighted by atomic mass is 31.2. The zero-order valence-corrected chi connectivity index (χ0v) is 13.8. The van der Waals surface area contributed by atoms with Crippen molar-refractivity contribution in [3.63, 3.8) is 0 Å². The number of amides is 1. The molecule has 0 radical (unpaired) electrons. The van der Waals surface area contributed by atoms with Crippen LogP contribution < -0.4 is 16.9 Å². The van der Waals surface area contributed by atoms with Gasteiger partial charge >= 0.3 is 15.2 Å². The molecule has 0 aliphatic rings. The molecule has 0 unspecified atom stereocenters. The first-order valence-corrected chi connectivity index (χ1v) is 9.78. The Balaban J connectivity index is 4.96. The minimum atomic E-state index is -4.76. The van der Waals surface area contributed by atoms with Gasteiger partial charge in [0.15, 0.2) is 5.96 Å². The molecular formula is C8H21N5O8P2. The van der Waals surface area contributed by atoms with Crippen LogP contribution in [0.5, 0.6) is 0 Å². The largest absolute Gasteiger partial charge is 0.370 e. The van der Waals surface area contributed by atoms with Gasteiger partial charge < -0.3 is 41.1 Å². The van der Waals surface area contributed by atoms with Crippen molar-refractivity contribution in [3.05, 3.63) is 0 Å². The number of nitrogens with one attached hydrogen (secondary N) is 1. The molecule has 0 aromatic rings. The number of nitrogens with two attached hydrogens (primary N) is 2. The van der Waals surface area contributed by atoms with Crippen LogP contribution in [-0.4, -0.2) is 66.7 Å². The molecule has 0 saturated heterocycles. The Hall–Kier alpha value is -1.04. The molecule has 23 heavy (non-hydrogen) atoms. The second-order valence-corrected chi connectivity index (χ2v) is 7.85. The van der Waals surface area contributed by atoms with Gasteiger partial charge in [0, 0.05) is 6.54 Å². The maximum Gasteiger partial charge on any atom is 0.344 e. The molecule has 13 nitrogen and oxygen atoms in total. The van der Waals surface area contributed by atoms with Crippen molar-refractivity contribution in [2.24, 2.45) is 16.5 Å². The smallest absolute Gasteiger partial charge is 0.344 e. The van der Waals surface area contributed by atoms with Crippen molar-refractivity contribution >= 4 is 27.1 Å². The molecule has 0 fully saturated rings. The second-order valence-electron chi connectivity index (χ2n) is 4.62. The number of carbonyl (C=O) groups is 1. The molecule has 0 aliphatic carbocycles. The summed E-state index contributed by atoms with van der Waals surface area (Å²) in [4.78, 5) is 51.6. The summed E-state index contributed by atoms with van der Waals surface area (Å²) in [6.45, 7) is 0.130. The SMILES string of the molecule is NC(N)=NCCC[C@H](NO)C(=O)N(CP(=O)(O)O)CP(=O)(O)O. The molecule has 1 atom stereocenters. The fourth-order valence-corrected chi connectivity index (χ4v) is 3.12. The Labute approximate surface area is 131 Å². The Kier molecular flexibility index (Phi) is 8.88. The van der Waals surface area contributed by atoms with Crippen molar-refractivity contribution < 1.29 is 38.7 Å². The molecule has 1 amide bonds. The highest BCUT2D eigenvalue weighted by Gasteiger charge is 2.33. The van der Waals surface area contributed by atoms with E-state index in [1.54, 1.807) is 5.48 Å². The number of guanidine groups is 1. The van der Waals surface area contributed by atoms with Gasteiger partial charge in [0.2, 0.25) is 5.91 Å². The molecule has 15 heteroatoms. The zero-order valence-electron chi connectivity index (χ0n) is 12.0. The van der Waals surface area contributed by atoms with E-state index in [9.17, 15) is 13.9 Å². The van der Waals surface area contributed by atoms with E-state index >= 15 is 0 Å². The summed E-state index contributed by atoms with van der Waals surface area (Å²) >= 11 is 0. The van der Waals surface area contributed by atoms with Crippen LogP contribution in [0.25, 0.3) is 0 Å². The third kappa shape index (κ3) is 11.2. The van der Waals surface area contributed by atoms with E-state index < -0.39 is 39.7 Å². The number of aliphatic imine (C=N–C) groups is 1. The average molecular weight is 377 g/mol. The topological polar surface area (TPSA) is 232 Å². The zero-order chi connectivity index (χ0) is 18.3. The van der Waals surface area contributed by atoms with Gasteiger partial charge in [-0.1, -0.05) is 0 Å². The Morgan fingerprint density at radius 3 is 1.96 bits per heavy atom. The molecule has 0 saturated carbocycles. The molecule has 0 rings (SSSR count). The summed E-state index contributed by atoms with van der Waals surface area (Å²) in [6, 6.07) is -1.33. The first kappa shape index (κ1) is 22.0. The predicted molar refractivity (Wildman–Crippen MR) is 79.3 cm³/mol. The summed E-state index contributed by atoms with van der Waals surface area (Å²) in [5, 5.41) is 8.98. The average Bonchev–Trinajstić information content (AvgIpc) is 2.33. The lowest BCUT2D eigenvalue weighted by molar-refractivity contribution is -0.135. The van der Waals surface area contributed by atoms with Gasteiger partial charge in [-0.3, -0.25) is 18.9 Å². The monoisotopic (exact) mass is 377 g/mol. The van der Waals surface area contributed by atoms with Crippen LogP contribution in [-0.2, 0) is 13.9 Å². The van der Waals surface area contributed by atoms with Crippen LogP contribution in [0.4, 0.5) is 0 Å². The van der Waals surface area contributed by atoms with Gasteiger partial charge in [-0.2, -0.15) is 5.48 Å². The molecule has 10 N–H and O–H groups in total. The van der Waals surface area contributed by atoms with Crippen molar-refractivity contribution in [3.8, 4) is 0 Å². The normalized spacial score (nSPS) is 13.4. The highest BCUT2D eigenvalue weighted by Crippen LogP contribution is 2.41. The Bertz CT molecular complexity index is 489. The molecule has 0 heterocycles. The van der Waals surface area contributed by atoms with Crippen LogP contribution in [0.3, 0.4) is 0 Å². The van der Waals surface area contributed by atoms with Gasteiger partial charge in [0.25, 0.3) is 0 Å². The van der Waals surface area contributed by atoms with Gasteiger partial charge in [0.05, 0.1) is 0 Å². The summed E-state index contributed by atoms with van der Waals surface area (Å²) in [5.41, 5.74) is 11.8. The summed E-state index contributed by atoms with van der Waals surface area (Å²) in [5.74, 6) is -1.25. The lowest BCUT2D eigenvalue weighted by Crippen LogP contribution is -2.46. The van der Waals surface area contributed by atoms with Crippen LogP contribution in [0, 0.1) is 0 Å². The van der Waals surface area contributed by atoms with Gasteiger partial charge in [0.1, 0.15) is 18.6 Å². The van der Waals surface area contributed by atoms with Crippen LogP contribution in [0.1, 0.15) is 12.8 Å². The van der Waals surface area contributed by atoms with E-state index in [0.717, 1.165) is 0 Å². The summed E-state index contributed by atoms with van der Waals surface area (Å²) in [7, 11) is -9.52. The number of carbonyl (C=O) groups excluding carboxylic acids is 1. The quantitative estimate of drug-likeness (QED) is 0.0650. The van der Waals surface area contributed by atoms with Crippen LogP contribution in [0.2, 0.25) is 0 Å². The number of nitrogens with zero attached hydrogens (tertiary/aromatic N) is 2. The number of hydrogen-bond acceptors (Lipinski definition) is 6. The Morgan fingerprint density at radius 2 is 1.61 bits per heavy atom. The van der Waals surface area contributed by atoms with Crippen molar-refractivity contribution in [1.29, 1.82) is 0 Å². The standard InChI is InChI=1S/C8H21N5O8P2/c9-8(10)11-3-1-2-6(12-15)7(14)13(4-22(16,17)18)5-23(19,20)21/h6,12,15H,1-5H2,(H4,9,10,11)(H2,16,17,18)(H2,19,20,21)/t6-/m0/s1. The predicted octanol–water partition coefficient (Wildman–Crippen LogP) is -2.51. The van der Waals surface area contributed by atoms with Crippen LogP contribution >= 0.6 is 15.2 Å². The van der Waals surface area contributed by atoms with E-state index in [1.807, 2.05) is 0 Å². The van der Waals surface area contributed by atoms with Crippen LogP contribution in [0.15, 0.2) is 4.99 Å². The van der Waals surface area contributed by atoms with E-state index in [0.29, 0.717) is 4.90 Å². The van der Waals surface area contributed by atoms with E-state index in [1.165, 1.54) is 0 Å². The lowest BCUT2D eigenvalue weighted by atomic mass is 10.1. The minimum absolute atomic E-state index is 0.0368. The summed E-state index contributed by atoms with van der Waals surface area (Å²) in [6.07, 6.45) is -2.20. The minimum Gasteiger partial charge on any atom is -0.370 e. The van der Waals surface area contributed by atoms with Crippen molar-refractivity contribution in [1.82, 2.24) is 10.4 Å². The van der Waals surface area contributed by atoms with Gasteiger partial charge in [-0.15, -0.1) is 0 Å². The van der Waals surface area contributed by atoms with Crippen molar-refractivity contribution in [2.45, 2.75) is 18.9 Å². The van der Waals surface area contributed by atoms with E-state index in [2.05, 4.69) is 4.99 Å². The number of hydrogen-bond donors (Lipinski definition) is 8. The molecule has 0 bridgehead atoms. The van der Waals surface area contributed by atoms with Gasteiger partial charge in [-0.25, -0.2) is 0 Å². The third-order valence-corrected chi connectivity index (χ3v) is 3.84. The first-order valence-electron chi connectivity index (χ1n) is 6.18. The maximum absolute atomic E-state index is 12.1. The lowest BCUT2D eigenvalue weighted by Gasteiger charge is -2.27. The van der Waals surface area contributed by atoms with E-state index in [-0.39, 0.29) is 25.3 Å².